The Morgan fingerprint density at radius 2 is 2.20 bits per heavy atom. The number of rotatable bonds is 11. The molecule has 0 amide bonds. The summed E-state index contributed by atoms with van der Waals surface area (Å²) >= 11 is 2.60. The molecule has 0 aliphatic heterocycles. The van der Waals surface area contributed by atoms with Crippen LogP contribution in [-0.2, 0) is 4.79 Å². The van der Waals surface area contributed by atoms with Gasteiger partial charge in [-0.25, -0.2) is 9.37 Å². The summed E-state index contributed by atoms with van der Waals surface area (Å²) in [5, 5.41) is 22.4. The molecular weight excluding hydrogens is 439 g/mol. The highest BCUT2D eigenvalue weighted by Gasteiger charge is 2.32. The number of hydrogen-bond acceptors (Lipinski definition) is 7. The number of carbonyl (C=O) groups is 2. The van der Waals surface area contributed by atoms with Gasteiger partial charge in [0.15, 0.2) is 10.2 Å². The highest BCUT2D eigenvalue weighted by molar-refractivity contribution is 8.01. The molecule has 1 aromatic rings. The number of aromatic nitrogens is 1. The predicted octanol–water partition coefficient (Wildman–Crippen LogP) is 4.14. The Hall–Kier alpha value is -1.65. The van der Waals surface area contributed by atoms with E-state index in [9.17, 15) is 33.0 Å². The normalized spacial score (nSPS) is 21.2. The molecule has 1 aliphatic rings. The van der Waals surface area contributed by atoms with Gasteiger partial charge in [-0.05, 0) is 38.5 Å². The second kappa shape index (κ2) is 11.1. The van der Waals surface area contributed by atoms with E-state index in [-0.39, 0.29) is 36.2 Å². The highest BCUT2D eigenvalue weighted by atomic mass is 32.2. The zero-order valence-electron chi connectivity index (χ0n) is 16.4. The fourth-order valence-electron chi connectivity index (χ4n) is 3.30. The lowest BCUT2D eigenvalue weighted by atomic mass is 9.90. The largest absolute Gasteiger partial charge is 0.543 e. The van der Waals surface area contributed by atoms with E-state index in [0.717, 1.165) is 0 Å². The van der Waals surface area contributed by atoms with Gasteiger partial charge in [0.1, 0.15) is 5.78 Å². The van der Waals surface area contributed by atoms with E-state index in [1.54, 1.807) is 6.08 Å². The maximum atomic E-state index is 12.9. The number of thioether (sulfide) groups is 1. The summed E-state index contributed by atoms with van der Waals surface area (Å²) < 4.78 is 37.8. The Morgan fingerprint density at radius 1 is 1.47 bits per heavy atom. The first-order chi connectivity index (χ1) is 14.1. The van der Waals surface area contributed by atoms with E-state index in [4.69, 9.17) is 0 Å². The van der Waals surface area contributed by atoms with Crippen molar-refractivity contribution in [2.24, 2.45) is 11.8 Å². The Bertz CT molecular complexity index is 819. The molecule has 0 spiro atoms. The summed E-state index contributed by atoms with van der Waals surface area (Å²) in [6, 6.07) is 0. The van der Waals surface area contributed by atoms with Gasteiger partial charge in [0.05, 0.1) is 17.3 Å². The van der Waals surface area contributed by atoms with Crippen molar-refractivity contribution in [3.63, 3.8) is 0 Å². The van der Waals surface area contributed by atoms with Crippen molar-refractivity contribution < 1.29 is 33.0 Å². The van der Waals surface area contributed by atoms with Crippen molar-refractivity contribution in [1.82, 2.24) is 4.98 Å². The number of Topliss-reactive ketones (excluding diaryl/α,β-unsaturated/α-hetero) is 1. The van der Waals surface area contributed by atoms with Crippen LogP contribution in [0.5, 0.6) is 0 Å². The minimum atomic E-state index is -2.36. The molecule has 1 heterocycles. The molecule has 0 unspecified atom stereocenters. The average molecular weight is 463 g/mol. The number of aromatic carboxylic acids is 1. The zero-order chi connectivity index (χ0) is 22.3. The summed E-state index contributed by atoms with van der Waals surface area (Å²) in [6.07, 6.45) is 2.53. The molecule has 1 N–H and O–H groups in total. The lowest BCUT2D eigenvalue weighted by Crippen LogP contribution is -2.23. The van der Waals surface area contributed by atoms with Crippen molar-refractivity contribution in [3.8, 4) is 0 Å². The number of hydrogen-bond donors (Lipinski definition) is 1. The van der Waals surface area contributed by atoms with Crippen LogP contribution in [-0.4, -0.2) is 33.2 Å². The summed E-state index contributed by atoms with van der Waals surface area (Å²) in [7, 11) is 0. The van der Waals surface area contributed by atoms with Crippen LogP contribution in [0.2, 0.25) is 0 Å². The maximum absolute atomic E-state index is 12.9. The van der Waals surface area contributed by atoms with Gasteiger partial charge in [0.2, 0.25) is 0 Å². The molecule has 166 valence electrons. The number of carboxylic acid groups (broad SMARTS) is 1. The summed E-state index contributed by atoms with van der Waals surface area (Å²) in [5.74, 6) is -2.20. The molecule has 5 nitrogen and oxygen atoms in total. The van der Waals surface area contributed by atoms with Crippen LogP contribution >= 0.6 is 23.1 Å². The van der Waals surface area contributed by atoms with Crippen LogP contribution in [0.15, 0.2) is 33.8 Å². The smallest absolute Gasteiger partial charge is 0.301 e. The van der Waals surface area contributed by atoms with Crippen LogP contribution < -0.4 is 5.11 Å². The van der Waals surface area contributed by atoms with Gasteiger partial charge >= 0.3 is 6.08 Å². The molecule has 10 heteroatoms. The number of aliphatic hydroxyl groups is 1. The molecule has 1 fully saturated rings. The third-order valence-corrected chi connectivity index (χ3v) is 7.08. The van der Waals surface area contributed by atoms with Crippen LogP contribution in [0, 0.1) is 11.8 Å². The molecule has 1 saturated carbocycles. The summed E-state index contributed by atoms with van der Waals surface area (Å²) in [6.45, 7) is 1.46. The number of carbonyl (C=O) groups excluding carboxylic acids is 2. The summed E-state index contributed by atoms with van der Waals surface area (Å²) in [5.41, 5.74) is -1.42. The highest BCUT2D eigenvalue weighted by Crippen LogP contribution is 2.35. The number of carboxylic acids is 1. The third-order valence-electron chi connectivity index (χ3n) is 5.03. The molecule has 30 heavy (non-hydrogen) atoms. The predicted molar refractivity (Wildman–Crippen MR) is 107 cm³/mol. The van der Waals surface area contributed by atoms with E-state index in [1.807, 2.05) is 6.08 Å². The second-order valence-electron chi connectivity index (χ2n) is 7.49. The molecule has 0 saturated heterocycles. The van der Waals surface area contributed by atoms with Crippen molar-refractivity contribution in [1.29, 1.82) is 0 Å². The van der Waals surface area contributed by atoms with Crippen molar-refractivity contribution in [2.45, 2.75) is 55.4 Å². The quantitative estimate of drug-likeness (QED) is 0.393. The molecule has 1 aliphatic carbocycles. The Labute approximate surface area is 181 Å². The number of halogens is 3. The van der Waals surface area contributed by atoms with E-state index >= 15 is 0 Å². The molecular formula is C20H23F3NO4S2-. The zero-order valence-corrected chi connectivity index (χ0v) is 18.0. The molecule has 0 radical (unpaired) electrons. The molecule has 3 atom stereocenters. The topological polar surface area (TPSA) is 90.3 Å². The first kappa shape index (κ1) is 24.6. The molecule has 0 aromatic carbocycles. The number of allylic oxidation sites excluding steroid dienone is 2. The summed E-state index contributed by atoms with van der Waals surface area (Å²) in [4.78, 5) is 26.9. The van der Waals surface area contributed by atoms with Gasteiger partial charge in [-0.1, -0.05) is 23.9 Å². The van der Waals surface area contributed by atoms with Crippen molar-refractivity contribution >= 4 is 34.9 Å². The molecule has 1 aromatic heterocycles. The van der Waals surface area contributed by atoms with Gasteiger partial charge in [-0.2, -0.15) is 8.78 Å². The average Bonchev–Trinajstić information content (AvgIpc) is 3.28. The first-order valence-corrected chi connectivity index (χ1v) is 11.4. The number of nitrogens with zero attached hydrogens (tertiary/aromatic N) is 1. The number of thiazole rings is 1. The van der Waals surface area contributed by atoms with Gasteiger partial charge in [-0.3, -0.25) is 4.79 Å². The van der Waals surface area contributed by atoms with Gasteiger partial charge < -0.3 is 15.0 Å². The first-order valence-electron chi connectivity index (χ1n) is 9.50. The van der Waals surface area contributed by atoms with Crippen LogP contribution in [0.25, 0.3) is 0 Å². The Balaban J connectivity index is 1.83. The number of ketones is 1. The van der Waals surface area contributed by atoms with E-state index in [2.05, 4.69) is 4.98 Å². The fourth-order valence-corrected chi connectivity index (χ4v) is 5.19. The molecule has 0 bridgehead atoms. The lowest BCUT2D eigenvalue weighted by Gasteiger charge is -2.21. The lowest BCUT2D eigenvalue weighted by molar-refractivity contribution is -0.255. The van der Waals surface area contributed by atoms with Crippen LogP contribution in [0.3, 0.4) is 0 Å². The van der Waals surface area contributed by atoms with Gasteiger partial charge in [0, 0.05) is 29.9 Å². The Morgan fingerprint density at radius 3 is 2.83 bits per heavy atom. The standard InChI is InChI=1S/C20H24F3NO4S2/c1-20(28,9-6-14(21)17(22)23)8-2-3-12-4-5-16(25)13(12)7-10-29-19-24-15(11-30-19)18(26)27/h2-3,11-13,28H,4-10H2,1H3,(H,26,27)/p-1/b3-2+/t12-,13-,20+/m0/s1. The van der Waals surface area contributed by atoms with Crippen molar-refractivity contribution in [3.05, 3.63) is 35.1 Å². The van der Waals surface area contributed by atoms with E-state index in [0.29, 0.717) is 29.4 Å². The Kier molecular flexibility index (Phi) is 9.11. The van der Waals surface area contributed by atoms with Crippen LogP contribution in [0.4, 0.5) is 13.2 Å². The van der Waals surface area contributed by atoms with Crippen molar-refractivity contribution in [2.75, 3.05) is 5.75 Å². The van der Waals surface area contributed by atoms with E-state index < -0.39 is 29.9 Å². The maximum Gasteiger partial charge on any atom is 0.301 e. The minimum absolute atomic E-state index is 0.0175. The van der Waals surface area contributed by atoms with Gasteiger partial charge in [0.25, 0.3) is 0 Å². The second-order valence-corrected chi connectivity index (χ2v) is 9.69. The molecule has 2 rings (SSSR count). The van der Waals surface area contributed by atoms with E-state index in [1.165, 1.54) is 35.4 Å². The third kappa shape index (κ3) is 7.55. The van der Waals surface area contributed by atoms with Crippen LogP contribution in [0.1, 0.15) is 55.9 Å². The SMILES string of the molecule is C[C@@](O)(C/C=C/[C@H]1CCC(=O)[C@H]1CCSc1nc(C(=O)[O-])cs1)CCC(F)=C(F)F. The fraction of sp³-hybridized carbons (Fsp3) is 0.550. The minimum Gasteiger partial charge on any atom is -0.543 e. The van der Waals surface area contributed by atoms with Gasteiger partial charge in [-0.15, -0.1) is 11.3 Å². The monoisotopic (exact) mass is 462 g/mol.